The van der Waals surface area contributed by atoms with Crippen LogP contribution < -0.4 is 0 Å². The lowest BCUT2D eigenvalue weighted by molar-refractivity contribution is 0.320. The van der Waals surface area contributed by atoms with Crippen molar-refractivity contribution in [3.63, 3.8) is 0 Å². The van der Waals surface area contributed by atoms with E-state index in [9.17, 15) is 0 Å². The number of hydrogen-bond donors (Lipinski definition) is 1. The minimum Gasteiger partial charge on any atom is -0.410 e. The van der Waals surface area contributed by atoms with Gasteiger partial charge in [0, 0.05) is 5.69 Å². The Morgan fingerprint density at radius 2 is 2.17 bits per heavy atom. The molecule has 0 atom stereocenters. The highest BCUT2D eigenvalue weighted by Gasteiger charge is 2.02. The summed E-state index contributed by atoms with van der Waals surface area (Å²) >= 11 is 5.57. The molecule has 0 unspecified atom stereocenters. The maximum absolute atomic E-state index is 8.39. The van der Waals surface area contributed by atoms with Crippen LogP contribution in [0.5, 0.6) is 0 Å². The number of aryl methyl sites for hydroxylation is 2. The van der Waals surface area contributed by atoms with Crippen LogP contribution in [0.3, 0.4) is 0 Å². The van der Waals surface area contributed by atoms with Gasteiger partial charge in [0.25, 0.3) is 0 Å². The van der Waals surface area contributed by atoms with Gasteiger partial charge in [-0.05, 0) is 31.5 Å². The average molecular weight is 185 g/mol. The molecule has 4 heteroatoms. The number of rotatable bonds is 1. The molecule has 0 saturated carbocycles. The average Bonchev–Trinajstić information content (AvgIpc) is 2.01. The molecule has 12 heavy (non-hydrogen) atoms. The van der Waals surface area contributed by atoms with Gasteiger partial charge < -0.3 is 5.21 Å². The second kappa shape index (κ2) is 3.54. The standard InChI is InChI=1S/C8H9ClN2O/c1-5-3-6(2)10-7(4-5)8(9)11-12/h3-4,12H,1-2H3/b11-8-. The third-order valence-corrected chi connectivity index (χ3v) is 1.67. The Morgan fingerprint density at radius 3 is 2.67 bits per heavy atom. The minimum absolute atomic E-state index is 0.0156. The molecule has 0 aromatic carbocycles. The van der Waals surface area contributed by atoms with Crippen LogP contribution in [-0.4, -0.2) is 15.4 Å². The van der Waals surface area contributed by atoms with E-state index in [1.54, 1.807) is 6.07 Å². The summed E-state index contributed by atoms with van der Waals surface area (Å²) in [4.78, 5) is 4.08. The predicted octanol–water partition coefficient (Wildman–Crippen LogP) is 2.07. The molecular weight excluding hydrogens is 176 g/mol. The van der Waals surface area contributed by atoms with Gasteiger partial charge in [-0.1, -0.05) is 16.8 Å². The zero-order valence-electron chi connectivity index (χ0n) is 6.87. The van der Waals surface area contributed by atoms with E-state index in [0.717, 1.165) is 11.3 Å². The molecule has 3 nitrogen and oxygen atoms in total. The van der Waals surface area contributed by atoms with E-state index >= 15 is 0 Å². The number of pyridine rings is 1. The third kappa shape index (κ3) is 1.95. The van der Waals surface area contributed by atoms with E-state index in [4.69, 9.17) is 16.8 Å². The maximum atomic E-state index is 8.39. The fourth-order valence-electron chi connectivity index (χ4n) is 0.998. The van der Waals surface area contributed by atoms with E-state index < -0.39 is 0 Å². The number of nitrogens with zero attached hydrogens (tertiary/aromatic N) is 2. The van der Waals surface area contributed by atoms with Crippen molar-refractivity contribution in [1.29, 1.82) is 0 Å². The molecule has 0 bridgehead atoms. The van der Waals surface area contributed by atoms with Crippen LogP contribution in [0.25, 0.3) is 0 Å². The van der Waals surface area contributed by atoms with Gasteiger partial charge in [0.05, 0.1) is 0 Å². The summed E-state index contributed by atoms with van der Waals surface area (Å²) in [5.41, 5.74) is 2.39. The summed E-state index contributed by atoms with van der Waals surface area (Å²) in [5, 5.41) is 11.3. The second-order valence-electron chi connectivity index (χ2n) is 2.56. The molecule has 0 amide bonds. The van der Waals surface area contributed by atoms with Crippen LogP contribution in [-0.2, 0) is 0 Å². The van der Waals surface area contributed by atoms with Gasteiger partial charge in [-0.2, -0.15) is 0 Å². The van der Waals surface area contributed by atoms with Crippen LogP contribution in [0.1, 0.15) is 17.0 Å². The van der Waals surface area contributed by atoms with Crippen molar-refractivity contribution >= 4 is 16.8 Å². The molecule has 0 aliphatic rings. The number of halogens is 1. The molecule has 1 N–H and O–H groups in total. The highest BCUT2D eigenvalue weighted by Crippen LogP contribution is 2.07. The molecule has 0 aliphatic heterocycles. The molecular formula is C8H9ClN2O. The lowest BCUT2D eigenvalue weighted by Crippen LogP contribution is -1.98. The van der Waals surface area contributed by atoms with Gasteiger partial charge in [-0.25, -0.2) is 0 Å². The summed E-state index contributed by atoms with van der Waals surface area (Å²) in [6, 6.07) is 3.68. The summed E-state index contributed by atoms with van der Waals surface area (Å²) in [6.07, 6.45) is 0. The van der Waals surface area contributed by atoms with Crippen molar-refractivity contribution in [2.24, 2.45) is 5.16 Å². The van der Waals surface area contributed by atoms with Gasteiger partial charge in [0.15, 0.2) is 5.17 Å². The first-order chi connectivity index (χ1) is 5.63. The maximum Gasteiger partial charge on any atom is 0.193 e. The lowest BCUT2D eigenvalue weighted by Gasteiger charge is -1.99. The summed E-state index contributed by atoms with van der Waals surface area (Å²) in [6.45, 7) is 3.79. The van der Waals surface area contributed by atoms with Crippen molar-refractivity contribution in [1.82, 2.24) is 4.98 Å². The monoisotopic (exact) mass is 184 g/mol. The molecule has 0 radical (unpaired) electrons. The van der Waals surface area contributed by atoms with Gasteiger partial charge in [0.1, 0.15) is 5.69 Å². The molecule has 1 rings (SSSR count). The number of aromatic nitrogens is 1. The minimum atomic E-state index is 0.0156. The second-order valence-corrected chi connectivity index (χ2v) is 2.92. The van der Waals surface area contributed by atoms with Crippen LogP contribution in [0.15, 0.2) is 17.3 Å². The fourth-order valence-corrected chi connectivity index (χ4v) is 1.10. The zero-order chi connectivity index (χ0) is 9.14. The Balaban J connectivity index is 3.17. The smallest absolute Gasteiger partial charge is 0.193 e. The van der Waals surface area contributed by atoms with Crippen LogP contribution in [0, 0.1) is 13.8 Å². The Kier molecular flexibility index (Phi) is 2.65. The molecule has 0 spiro atoms. The third-order valence-electron chi connectivity index (χ3n) is 1.40. The summed E-state index contributed by atoms with van der Waals surface area (Å²) in [7, 11) is 0. The zero-order valence-corrected chi connectivity index (χ0v) is 7.63. The molecule has 64 valence electrons. The molecule has 0 aliphatic carbocycles. The predicted molar refractivity (Wildman–Crippen MR) is 47.9 cm³/mol. The van der Waals surface area contributed by atoms with E-state index in [0.29, 0.717) is 5.69 Å². The first kappa shape index (κ1) is 9.00. The molecule has 1 heterocycles. The Labute approximate surface area is 75.7 Å². The molecule has 0 fully saturated rings. The van der Waals surface area contributed by atoms with Crippen LogP contribution in [0.4, 0.5) is 0 Å². The van der Waals surface area contributed by atoms with Gasteiger partial charge in [-0.15, -0.1) is 0 Å². The van der Waals surface area contributed by atoms with Gasteiger partial charge >= 0.3 is 0 Å². The Morgan fingerprint density at radius 1 is 1.50 bits per heavy atom. The summed E-state index contributed by atoms with van der Waals surface area (Å²) < 4.78 is 0. The highest BCUT2D eigenvalue weighted by atomic mass is 35.5. The van der Waals surface area contributed by atoms with E-state index in [1.165, 1.54) is 0 Å². The number of hydrogen-bond acceptors (Lipinski definition) is 3. The first-order valence-corrected chi connectivity index (χ1v) is 3.84. The number of oxime groups is 1. The van der Waals surface area contributed by atoms with Crippen LogP contribution in [0.2, 0.25) is 0 Å². The van der Waals surface area contributed by atoms with Crippen molar-refractivity contribution < 1.29 is 5.21 Å². The van der Waals surface area contributed by atoms with Crippen molar-refractivity contribution in [3.05, 3.63) is 29.1 Å². The highest BCUT2D eigenvalue weighted by molar-refractivity contribution is 6.69. The van der Waals surface area contributed by atoms with Crippen LogP contribution >= 0.6 is 11.6 Å². The van der Waals surface area contributed by atoms with Gasteiger partial charge in [-0.3, -0.25) is 4.98 Å². The molecule has 0 saturated heterocycles. The first-order valence-electron chi connectivity index (χ1n) is 3.46. The fraction of sp³-hybridized carbons (Fsp3) is 0.250. The molecule has 1 aromatic rings. The van der Waals surface area contributed by atoms with Gasteiger partial charge in [0.2, 0.25) is 0 Å². The largest absolute Gasteiger partial charge is 0.410 e. The lowest BCUT2D eigenvalue weighted by atomic mass is 10.2. The topological polar surface area (TPSA) is 45.5 Å². The SMILES string of the molecule is Cc1cc(C)nc(/C(Cl)=N/O)c1. The molecule has 1 aromatic heterocycles. The normalized spacial score (nSPS) is 11.8. The van der Waals surface area contributed by atoms with E-state index in [1.807, 2.05) is 19.9 Å². The van der Waals surface area contributed by atoms with Crippen molar-refractivity contribution in [2.45, 2.75) is 13.8 Å². The Bertz CT molecular complexity index is 303. The van der Waals surface area contributed by atoms with E-state index in [2.05, 4.69) is 10.1 Å². The van der Waals surface area contributed by atoms with Crippen molar-refractivity contribution in [2.75, 3.05) is 0 Å². The quantitative estimate of drug-likeness (QED) is 0.413. The Hall–Kier alpha value is -1.09. The summed E-state index contributed by atoms with van der Waals surface area (Å²) in [5.74, 6) is 0. The van der Waals surface area contributed by atoms with E-state index in [-0.39, 0.29) is 5.17 Å². The van der Waals surface area contributed by atoms with Crippen molar-refractivity contribution in [3.8, 4) is 0 Å².